The number of rotatable bonds is 5. The third-order valence-corrected chi connectivity index (χ3v) is 3.35. The largest absolute Gasteiger partial charge is 0.469 e. The minimum atomic E-state index is -3.95. The van der Waals surface area contributed by atoms with Crippen molar-refractivity contribution in [3.63, 3.8) is 0 Å². The van der Waals surface area contributed by atoms with Crippen molar-refractivity contribution >= 4 is 21.8 Å². The highest BCUT2D eigenvalue weighted by molar-refractivity contribution is 7.86. The van der Waals surface area contributed by atoms with E-state index in [0.717, 1.165) is 5.56 Å². The highest BCUT2D eigenvalue weighted by Gasteiger charge is 2.15. The monoisotopic (exact) mass is 285 g/mol. The van der Waals surface area contributed by atoms with E-state index in [1.807, 2.05) is 6.92 Å². The number of benzene rings is 1. The maximum Gasteiger partial charge on any atom is 0.358 e. The van der Waals surface area contributed by atoms with Crippen molar-refractivity contribution in [3.8, 4) is 0 Å². The van der Waals surface area contributed by atoms with Gasteiger partial charge in [0, 0.05) is 0 Å². The zero-order chi connectivity index (χ0) is 14.5. The van der Waals surface area contributed by atoms with Crippen LogP contribution in [0.1, 0.15) is 18.9 Å². The van der Waals surface area contributed by atoms with Gasteiger partial charge in [-0.05, 0) is 26.0 Å². The van der Waals surface area contributed by atoms with Crippen molar-refractivity contribution < 1.29 is 22.2 Å². The number of aryl methyl sites for hydroxylation is 1. The third kappa shape index (κ3) is 4.70. The van der Waals surface area contributed by atoms with Gasteiger partial charge in [0.05, 0.1) is 19.2 Å². The van der Waals surface area contributed by atoms with Crippen molar-refractivity contribution in [2.75, 3.05) is 7.11 Å². The van der Waals surface area contributed by atoms with Crippen LogP contribution >= 0.6 is 0 Å². The van der Waals surface area contributed by atoms with E-state index in [-0.39, 0.29) is 17.0 Å². The molecule has 0 unspecified atom stereocenters. The van der Waals surface area contributed by atoms with Crippen LogP contribution in [0, 0.1) is 6.92 Å². The molecule has 1 rings (SSSR count). The van der Waals surface area contributed by atoms with Crippen LogP contribution in [0.2, 0.25) is 0 Å². The lowest BCUT2D eigenvalue weighted by atomic mass is 10.2. The van der Waals surface area contributed by atoms with Gasteiger partial charge in [-0.1, -0.05) is 22.9 Å². The lowest BCUT2D eigenvalue weighted by molar-refractivity contribution is -0.139. The van der Waals surface area contributed by atoms with Crippen molar-refractivity contribution in [3.05, 3.63) is 29.8 Å². The van der Waals surface area contributed by atoms with Crippen LogP contribution in [-0.4, -0.2) is 27.2 Å². The van der Waals surface area contributed by atoms with Crippen LogP contribution in [0.3, 0.4) is 0 Å². The fraction of sp³-hybridized carbons (Fsp3) is 0.333. The Morgan fingerprint density at radius 3 is 2.37 bits per heavy atom. The highest BCUT2D eigenvalue weighted by Crippen LogP contribution is 2.13. The second kappa shape index (κ2) is 6.33. The van der Waals surface area contributed by atoms with E-state index in [4.69, 9.17) is 0 Å². The summed E-state index contributed by atoms with van der Waals surface area (Å²) >= 11 is 0. The Bertz CT molecular complexity index is 575. The summed E-state index contributed by atoms with van der Waals surface area (Å²) < 4.78 is 32.5. The van der Waals surface area contributed by atoms with Gasteiger partial charge in [-0.2, -0.15) is 8.42 Å². The molecular weight excluding hydrogens is 270 g/mol. The van der Waals surface area contributed by atoms with Crippen molar-refractivity contribution in [1.29, 1.82) is 0 Å². The van der Waals surface area contributed by atoms with E-state index < -0.39 is 16.1 Å². The summed E-state index contributed by atoms with van der Waals surface area (Å²) in [7, 11) is -2.72. The fourth-order valence-electron chi connectivity index (χ4n) is 1.17. The summed E-state index contributed by atoms with van der Waals surface area (Å²) in [5, 5.41) is 3.41. The van der Waals surface area contributed by atoms with Crippen LogP contribution in [0.5, 0.6) is 0 Å². The van der Waals surface area contributed by atoms with E-state index in [1.54, 1.807) is 12.1 Å². The first-order valence-electron chi connectivity index (χ1n) is 5.46. The molecule has 0 heterocycles. The van der Waals surface area contributed by atoms with Crippen LogP contribution in [0.15, 0.2) is 34.3 Å². The van der Waals surface area contributed by atoms with Gasteiger partial charge in [-0.25, -0.2) is 0 Å². The smallest absolute Gasteiger partial charge is 0.358 e. The highest BCUT2D eigenvalue weighted by atomic mass is 32.2. The number of carbonyl (C=O) groups is 1. The fourth-order valence-corrected chi connectivity index (χ4v) is 1.95. The van der Waals surface area contributed by atoms with Crippen LogP contribution in [0.4, 0.5) is 0 Å². The molecule has 0 fully saturated rings. The molecule has 104 valence electrons. The summed E-state index contributed by atoms with van der Waals surface area (Å²) in [6.07, 6.45) is -0.125. The predicted octanol–water partition coefficient (Wildman–Crippen LogP) is 1.64. The Labute approximate surface area is 112 Å². The molecule has 0 saturated heterocycles. The summed E-state index contributed by atoms with van der Waals surface area (Å²) in [6.45, 7) is 3.32. The summed E-state index contributed by atoms with van der Waals surface area (Å²) in [4.78, 5) is 11.0. The molecule has 0 radical (unpaired) electrons. The number of oxime groups is 1. The van der Waals surface area contributed by atoms with Gasteiger partial charge < -0.3 is 4.74 Å². The molecule has 0 aliphatic carbocycles. The molecule has 0 aromatic heterocycles. The van der Waals surface area contributed by atoms with Gasteiger partial charge in [-0.3, -0.25) is 9.08 Å². The van der Waals surface area contributed by atoms with Crippen LogP contribution < -0.4 is 0 Å². The van der Waals surface area contributed by atoms with Gasteiger partial charge in [-0.15, -0.1) is 0 Å². The Morgan fingerprint density at radius 2 is 1.84 bits per heavy atom. The van der Waals surface area contributed by atoms with E-state index in [9.17, 15) is 13.2 Å². The van der Waals surface area contributed by atoms with E-state index in [1.165, 1.54) is 26.2 Å². The molecule has 0 saturated carbocycles. The second-order valence-electron chi connectivity index (χ2n) is 3.92. The topological polar surface area (TPSA) is 82.0 Å². The number of hydrogen-bond acceptors (Lipinski definition) is 6. The summed E-state index contributed by atoms with van der Waals surface area (Å²) in [5.74, 6) is -0.516. The Balaban J connectivity index is 2.78. The molecule has 0 atom stereocenters. The van der Waals surface area contributed by atoms with Crippen molar-refractivity contribution in [2.24, 2.45) is 5.16 Å². The molecule has 7 heteroatoms. The number of esters is 1. The first kappa shape index (κ1) is 15.2. The average Bonchev–Trinajstić information content (AvgIpc) is 2.37. The predicted molar refractivity (Wildman–Crippen MR) is 69.2 cm³/mol. The second-order valence-corrected chi connectivity index (χ2v) is 5.45. The molecule has 0 spiro atoms. The summed E-state index contributed by atoms with van der Waals surface area (Å²) in [6, 6.07) is 6.16. The van der Waals surface area contributed by atoms with Gasteiger partial charge in [0.1, 0.15) is 4.90 Å². The van der Waals surface area contributed by atoms with Gasteiger partial charge in [0.25, 0.3) is 0 Å². The first-order valence-corrected chi connectivity index (χ1v) is 6.86. The number of ether oxygens (including phenoxy) is 1. The van der Waals surface area contributed by atoms with Gasteiger partial charge in [0.2, 0.25) is 0 Å². The Kier molecular flexibility index (Phi) is 5.05. The molecule has 0 amide bonds. The molecule has 0 bridgehead atoms. The molecule has 0 N–H and O–H groups in total. The van der Waals surface area contributed by atoms with Crippen LogP contribution in [-0.2, 0) is 23.9 Å². The number of carbonyl (C=O) groups excluding carboxylic acids is 1. The maximum atomic E-state index is 11.8. The third-order valence-electron chi connectivity index (χ3n) is 2.23. The zero-order valence-corrected chi connectivity index (χ0v) is 11.7. The minimum Gasteiger partial charge on any atom is -0.469 e. The molecule has 0 aliphatic rings. The van der Waals surface area contributed by atoms with Crippen molar-refractivity contribution in [1.82, 2.24) is 0 Å². The molecule has 1 aromatic carbocycles. The normalized spacial score (nSPS) is 12.1. The van der Waals surface area contributed by atoms with E-state index in [2.05, 4.69) is 14.2 Å². The lowest BCUT2D eigenvalue weighted by Gasteiger charge is -2.03. The van der Waals surface area contributed by atoms with E-state index >= 15 is 0 Å². The SMILES string of the molecule is COC(=O)C/C(C)=N/OS(=O)(=O)c1ccc(C)cc1. The van der Waals surface area contributed by atoms with Gasteiger partial charge >= 0.3 is 16.1 Å². The van der Waals surface area contributed by atoms with Crippen molar-refractivity contribution in [2.45, 2.75) is 25.2 Å². The van der Waals surface area contributed by atoms with Gasteiger partial charge in [0.15, 0.2) is 0 Å². The molecule has 6 nitrogen and oxygen atoms in total. The summed E-state index contributed by atoms with van der Waals surface area (Å²) in [5.41, 5.74) is 1.15. The number of methoxy groups -OCH3 is 1. The maximum absolute atomic E-state index is 11.8. The first-order chi connectivity index (χ1) is 8.85. The Hall–Kier alpha value is -1.89. The Morgan fingerprint density at radius 1 is 1.26 bits per heavy atom. The zero-order valence-electron chi connectivity index (χ0n) is 10.9. The molecule has 0 aliphatic heterocycles. The molecule has 19 heavy (non-hydrogen) atoms. The van der Waals surface area contributed by atoms with E-state index in [0.29, 0.717) is 0 Å². The van der Waals surface area contributed by atoms with Crippen LogP contribution in [0.25, 0.3) is 0 Å². The average molecular weight is 285 g/mol. The molecule has 1 aromatic rings. The lowest BCUT2D eigenvalue weighted by Crippen LogP contribution is -2.09. The minimum absolute atomic E-state index is 0.00715. The molecular formula is C12H15NO5S. The number of nitrogens with zero attached hydrogens (tertiary/aromatic N) is 1. The quantitative estimate of drug-likeness (QED) is 0.466. The standard InChI is InChI=1S/C12H15NO5S/c1-9-4-6-11(7-5-9)19(15,16)18-13-10(2)8-12(14)17-3/h4-7H,8H2,1-3H3/b13-10+. The number of hydrogen-bond donors (Lipinski definition) is 0.